The van der Waals surface area contributed by atoms with Gasteiger partial charge in [0.05, 0.1) is 11.5 Å². The average Bonchev–Trinajstić information content (AvgIpc) is 2.45. The molecule has 104 valence electrons. The van der Waals surface area contributed by atoms with Gasteiger partial charge >= 0.3 is 0 Å². The Labute approximate surface area is 114 Å². The summed E-state index contributed by atoms with van der Waals surface area (Å²) in [5.41, 5.74) is 1.64. The fourth-order valence-electron chi connectivity index (χ4n) is 2.08. The van der Waals surface area contributed by atoms with Crippen LogP contribution >= 0.6 is 0 Å². The third-order valence-corrected chi connectivity index (χ3v) is 6.79. The van der Waals surface area contributed by atoms with E-state index in [0.717, 1.165) is 17.4 Å². The number of aryl methyl sites for hydroxylation is 1. The van der Waals surface area contributed by atoms with E-state index in [0.29, 0.717) is 5.56 Å². The SMILES string of the molecule is CCc1ccc(C2CS(=O)(=O)C=CCS2(=O)=O)cc1. The minimum atomic E-state index is -3.47. The van der Waals surface area contributed by atoms with Crippen LogP contribution < -0.4 is 0 Å². The highest BCUT2D eigenvalue weighted by atomic mass is 32.2. The summed E-state index contributed by atoms with van der Waals surface area (Å²) >= 11 is 0. The Morgan fingerprint density at radius 1 is 1.11 bits per heavy atom. The van der Waals surface area contributed by atoms with Gasteiger partial charge in [0, 0.05) is 5.41 Å². The first-order chi connectivity index (χ1) is 8.84. The van der Waals surface area contributed by atoms with Gasteiger partial charge in [0.1, 0.15) is 5.25 Å². The lowest BCUT2D eigenvalue weighted by molar-refractivity contribution is 0.582. The molecule has 0 spiro atoms. The molecule has 0 saturated heterocycles. The van der Waals surface area contributed by atoms with Crippen molar-refractivity contribution in [3.8, 4) is 0 Å². The Kier molecular flexibility index (Phi) is 3.82. The molecule has 1 heterocycles. The molecule has 19 heavy (non-hydrogen) atoms. The van der Waals surface area contributed by atoms with Crippen molar-refractivity contribution < 1.29 is 16.8 Å². The molecule has 0 aliphatic carbocycles. The van der Waals surface area contributed by atoms with E-state index in [1.807, 2.05) is 19.1 Å². The van der Waals surface area contributed by atoms with E-state index < -0.39 is 24.9 Å². The summed E-state index contributed by atoms with van der Waals surface area (Å²) in [4.78, 5) is 0. The smallest absolute Gasteiger partial charge is 0.172 e. The first kappa shape index (κ1) is 14.3. The molecule has 1 aromatic rings. The zero-order chi connectivity index (χ0) is 14.1. The van der Waals surface area contributed by atoms with Gasteiger partial charge in [-0.05, 0) is 17.5 Å². The summed E-state index contributed by atoms with van der Waals surface area (Å²) < 4.78 is 47.7. The van der Waals surface area contributed by atoms with Gasteiger partial charge in [0.25, 0.3) is 0 Å². The second-order valence-electron chi connectivity index (χ2n) is 4.61. The normalized spacial score (nSPS) is 24.8. The number of hydrogen-bond donors (Lipinski definition) is 0. The van der Waals surface area contributed by atoms with Crippen LogP contribution in [0.25, 0.3) is 0 Å². The van der Waals surface area contributed by atoms with E-state index in [2.05, 4.69) is 0 Å². The molecule has 1 aliphatic heterocycles. The lowest BCUT2D eigenvalue weighted by Gasteiger charge is -2.15. The van der Waals surface area contributed by atoms with Crippen molar-refractivity contribution >= 4 is 19.7 Å². The van der Waals surface area contributed by atoms with Gasteiger partial charge in [-0.15, -0.1) is 0 Å². The van der Waals surface area contributed by atoms with E-state index in [9.17, 15) is 16.8 Å². The first-order valence-electron chi connectivity index (χ1n) is 6.04. The molecule has 1 aromatic carbocycles. The van der Waals surface area contributed by atoms with Crippen LogP contribution in [0.1, 0.15) is 23.3 Å². The van der Waals surface area contributed by atoms with E-state index in [4.69, 9.17) is 0 Å². The maximum Gasteiger partial charge on any atom is 0.172 e. The Bertz CT molecular complexity index is 683. The first-order valence-corrected chi connectivity index (χ1v) is 9.47. The Hall–Kier alpha value is -1.14. The van der Waals surface area contributed by atoms with Crippen LogP contribution in [0, 0.1) is 0 Å². The largest absolute Gasteiger partial charge is 0.228 e. The van der Waals surface area contributed by atoms with E-state index in [1.165, 1.54) is 6.08 Å². The second-order valence-corrected chi connectivity index (χ2v) is 8.77. The molecule has 0 N–H and O–H groups in total. The fraction of sp³-hybridized carbons (Fsp3) is 0.385. The van der Waals surface area contributed by atoms with Gasteiger partial charge in [0.15, 0.2) is 19.7 Å². The molecule has 4 nitrogen and oxygen atoms in total. The minimum Gasteiger partial charge on any atom is -0.228 e. The predicted molar refractivity (Wildman–Crippen MR) is 75.3 cm³/mol. The molecule has 1 aliphatic rings. The summed E-state index contributed by atoms with van der Waals surface area (Å²) in [5.74, 6) is -0.607. The Balaban J connectivity index is 2.45. The van der Waals surface area contributed by atoms with Crippen LogP contribution in [0.2, 0.25) is 0 Å². The van der Waals surface area contributed by atoms with Crippen molar-refractivity contribution in [1.82, 2.24) is 0 Å². The highest BCUT2D eigenvalue weighted by Gasteiger charge is 2.32. The molecule has 0 amide bonds. The van der Waals surface area contributed by atoms with Crippen molar-refractivity contribution in [2.75, 3.05) is 11.5 Å². The molecule has 0 radical (unpaired) electrons. The van der Waals surface area contributed by atoms with Crippen LogP contribution in [0.5, 0.6) is 0 Å². The fourth-order valence-corrected chi connectivity index (χ4v) is 5.88. The van der Waals surface area contributed by atoms with Gasteiger partial charge in [-0.2, -0.15) is 0 Å². The van der Waals surface area contributed by atoms with Gasteiger partial charge < -0.3 is 0 Å². The predicted octanol–water partition coefficient (Wildman–Crippen LogP) is 1.65. The lowest BCUT2D eigenvalue weighted by atomic mass is 10.1. The van der Waals surface area contributed by atoms with E-state index in [-0.39, 0.29) is 11.5 Å². The second kappa shape index (κ2) is 5.09. The molecular weight excluding hydrogens is 284 g/mol. The summed E-state index contributed by atoms with van der Waals surface area (Å²) in [6.45, 7) is 2.01. The Morgan fingerprint density at radius 3 is 2.32 bits per heavy atom. The van der Waals surface area contributed by atoms with E-state index >= 15 is 0 Å². The third kappa shape index (κ3) is 3.25. The number of hydrogen-bond acceptors (Lipinski definition) is 4. The number of rotatable bonds is 2. The standard InChI is InChI=1S/C13H16O4S2/c1-2-11-4-6-12(7-5-11)13-10-18(14,15)8-3-9-19(13,16)17/h3-8,13H,2,9-10H2,1H3. The Morgan fingerprint density at radius 2 is 1.74 bits per heavy atom. The zero-order valence-electron chi connectivity index (χ0n) is 10.6. The molecule has 0 fully saturated rings. The van der Waals surface area contributed by atoms with Crippen LogP contribution in [0.4, 0.5) is 0 Å². The van der Waals surface area contributed by atoms with Gasteiger partial charge in [-0.25, -0.2) is 16.8 Å². The van der Waals surface area contributed by atoms with Gasteiger partial charge in [-0.1, -0.05) is 37.3 Å². The molecule has 2 rings (SSSR count). The molecule has 0 aromatic heterocycles. The molecule has 1 unspecified atom stereocenters. The molecule has 0 bridgehead atoms. The van der Waals surface area contributed by atoms with Crippen molar-refractivity contribution in [2.45, 2.75) is 18.6 Å². The van der Waals surface area contributed by atoms with Crippen LogP contribution in [0.15, 0.2) is 35.7 Å². The van der Waals surface area contributed by atoms with Gasteiger partial charge in [-0.3, -0.25) is 0 Å². The molecular formula is C13H16O4S2. The van der Waals surface area contributed by atoms with Crippen molar-refractivity contribution in [3.63, 3.8) is 0 Å². The zero-order valence-corrected chi connectivity index (χ0v) is 12.2. The van der Waals surface area contributed by atoms with E-state index in [1.54, 1.807) is 12.1 Å². The minimum absolute atomic E-state index is 0.230. The third-order valence-electron chi connectivity index (χ3n) is 3.21. The van der Waals surface area contributed by atoms with Crippen LogP contribution in [0.3, 0.4) is 0 Å². The number of benzene rings is 1. The summed E-state index contributed by atoms with van der Waals surface area (Å²) in [5, 5.41) is 0.0312. The van der Waals surface area contributed by atoms with Crippen LogP contribution in [-0.4, -0.2) is 28.3 Å². The molecule has 1 atom stereocenters. The van der Waals surface area contributed by atoms with Crippen molar-refractivity contribution in [1.29, 1.82) is 0 Å². The lowest BCUT2D eigenvalue weighted by Crippen LogP contribution is -2.21. The maximum absolute atomic E-state index is 12.1. The van der Waals surface area contributed by atoms with Crippen molar-refractivity contribution in [2.24, 2.45) is 0 Å². The highest BCUT2D eigenvalue weighted by Crippen LogP contribution is 2.28. The van der Waals surface area contributed by atoms with Gasteiger partial charge in [0.2, 0.25) is 0 Å². The monoisotopic (exact) mass is 300 g/mol. The summed E-state index contributed by atoms with van der Waals surface area (Å²) in [6.07, 6.45) is 2.07. The summed E-state index contributed by atoms with van der Waals surface area (Å²) in [7, 11) is -6.93. The topological polar surface area (TPSA) is 68.3 Å². The molecule has 6 heteroatoms. The molecule has 0 saturated carbocycles. The quantitative estimate of drug-likeness (QED) is 0.833. The van der Waals surface area contributed by atoms with Crippen LogP contribution in [-0.2, 0) is 26.1 Å². The van der Waals surface area contributed by atoms with Crippen molar-refractivity contribution in [3.05, 3.63) is 46.9 Å². The maximum atomic E-state index is 12.1. The number of sulfone groups is 2. The average molecular weight is 300 g/mol. The highest BCUT2D eigenvalue weighted by molar-refractivity contribution is 7.97. The summed E-state index contributed by atoms with van der Waals surface area (Å²) in [6, 6.07) is 7.11.